The zero-order chi connectivity index (χ0) is 15.0. The van der Waals surface area contributed by atoms with E-state index >= 15 is 0 Å². The molecule has 1 heterocycles. The van der Waals surface area contributed by atoms with Gasteiger partial charge in [-0.2, -0.15) is 0 Å². The van der Waals surface area contributed by atoms with E-state index in [0.29, 0.717) is 11.1 Å². The third-order valence-corrected chi connectivity index (χ3v) is 3.78. The van der Waals surface area contributed by atoms with Gasteiger partial charge in [0.15, 0.2) is 0 Å². The molecule has 2 aromatic carbocycles. The van der Waals surface area contributed by atoms with Crippen LogP contribution in [0.2, 0.25) is 0 Å². The van der Waals surface area contributed by atoms with Crippen LogP contribution in [0.4, 0.5) is 0 Å². The summed E-state index contributed by atoms with van der Waals surface area (Å²) in [5, 5.41) is 11.6. The first-order chi connectivity index (χ1) is 9.98. The Labute approximate surface area is 122 Å². The number of hydrogen-bond acceptors (Lipinski definition) is 3. The fourth-order valence-electron chi connectivity index (χ4n) is 2.43. The molecule has 0 aliphatic heterocycles. The number of aliphatic hydroxyl groups is 1. The van der Waals surface area contributed by atoms with Gasteiger partial charge in [-0.15, -0.1) is 0 Å². The molecule has 3 heteroatoms. The van der Waals surface area contributed by atoms with Gasteiger partial charge in [0, 0.05) is 5.39 Å². The zero-order valence-corrected chi connectivity index (χ0v) is 12.0. The van der Waals surface area contributed by atoms with Crippen molar-refractivity contribution in [1.82, 2.24) is 0 Å². The predicted molar refractivity (Wildman–Crippen MR) is 82.3 cm³/mol. The predicted octanol–water partition coefficient (Wildman–Crippen LogP) is 3.36. The molecule has 0 spiro atoms. The highest BCUT2D eigenvalue weighted by Crippen LogP contribution is 2.28. The van der Waals surface area contributed by atoms with Gasteiger partial charge in [0.1, 0.15) is 11.2 Å². The molecule has 21 heavy (non-hydrogen) atoms. The van der Waals surface area contributed by atoms with Crippen LogP contribution in [0.25, 0.3) is 11.0 Å². The third-order valence-electron chi connectivity index (χ3n) is 3.78. The average molecular weight is 280 g/mol. The number of benzene rings is 2. The van der Waals surface area contributed by atoms with Crippen LogP contribution in [0.15, 0.2) is 63.8 Å². The molecule has 1 atom stereocenters. The van der Waals surface area contributed by atoms with E-state index in [2.05, 4.69) is 0 Å². The number of fused-ring (bicyclic) bond motifs is 1. The minimum Gasteiger partial charge on any atom is -0.422 e. The average Bonchev–Trinajstić information content (AvgIpc) is 2.47. The van der Waals surface area contributed by atoms with Gasteiger partial charge in [-0.05, 0) is 31.5 Å². The SMILES string of the molecule is Cc1ccc(C(C)(O)c2cc3ccccc3oc2=O)cc1. The smallest absolute Gasteiger partial charge is 0.342 e. The number of rotatable bonds is 2. The fraction of sp³-hybridized carbons (Fsp3) is 0.167. The molecule has 0 saturated carbocycles. The maximum atomic E-state index is 12.2. The molecule has 0 aliphatic rings. The minimum absolute atomic E-state index is 0.241. The maximum absolute atomic E-state index is 12.2. The molecular formula is C18H16O3. The highest BCUT2D eigenvalue weighted by Gasteiger charge is 2.29. The van der Waals surface area contributed by atoms with Crippen LogP contribution in [-0.4, -0.2) is 5.11 Å². The van der Waals surface area contributed by atoms with E-state index in [1.54, 1.807) is 19.1 Å². The van der Waals surface area contributed by atoms with Gasteiger partial charge in [-0.3, -0.25) is 0 Å². The molecule has 3 rings (SSSR count). The van der Waals surface area contributed by atoms with Crippen molar-refractivity contribution in [1.29, 1.82) is 0 Å². The van der Waals surface area contributed by atoms with Crippen LogP contribution in [0, 0.1) is 6.92 Å². The van der Waals surface area contributed by atoms with Gasteiger partial charge in [-0.1, -0.05) is 48.0 Å². The molecule has 3 nitrogen and oxygen atoms in total. The highest BCUT2D eigenvalue weighted by atomic mass is 16.4. The van der Waals surface area contributed by atoms with E-state index in [1.807, 2.05) is 49.4 Å². The van der Waals surface area contributed by atoms with Crippen molar-refractivity contribution in [2.75, 3.05) is 0 Å². The first-order valence-corrected chi connectivity index (χ1v) is 6.81. The quantitative estimate of drug-likeness (QED) is 0.732. The van der Waals surface area contributed by atoms with Gasteiger partial charge < -0.3 is 9.52 Å². The largest absolute Gasteiger partial charge is 0.422 e. The summed E-state index contributed by atoms with van der Waals surface area (Å²) in [5.74, 6) is 0. The molecule has 0 aliphatic carbocycles. The molecule has 0 amide bonds. The molecule has 1 unspecified atom stereocenters. The van der Waals surface area contributed by atoms with Crippen LogP contribution in [-0.2, 0) is 5.60 Å². The third kappa shape index (κ3) is 2.36. The number of aryl methyl sites for hydroxylation is 1. The summed E-state index contributed by atoms with van der Waals surface area (Å²) in [6.45, 7) is 3.58. The lowest BCUT2D eigenvalue weighted by molar-refractivity contribution is 0.0985. The molecule has 0 fully saturated rings. The number of hydrogen-bond donors (Lipinski definition) is 1. The van der Waals surface area contributed by atoms with Crippen LogP contribution >= 0.6 is 0 Å². The van der Waals surface area contributed by atoms with Gasteiger partial charge in [-0.25, -0.2) is 4.79 Å². The lowest BCUT2D eigenvalue weighted by atomic mass is 9.88. The van der Waals surface area contributed by atoms with Crippen LogP contribution in [0.5, 0.6) is 0 Å². The standard InChI is InChI=1S/C18H16O3/c1-12-7-9-14(10-8-12)18(2,20)15-11-13-5-3-4-6-16(13)21-17(15)19/h3-11,20H,1-2H3. The Balaban J connectivity index is 2.20. The van der Waals surface area contributed by atoms with Gasteiger partial charge >= 0.3 is 5.63 Å². The molecule has 0 radical (unpaired) electrons. The second-order valence-corrected chi connectivity index (χ2v) is 5.42. The van der Waals surface area contributed by atoms with E-state index < -0.39 is 11.2 Å². The van der Waals surface area contributed by atoms with E-state index in [1.165, 1.54) is 0 Å². The molecule has 0 bridgehead atoms. The van der Waals surface area contributed by atoms with E-state index in [0.717, 1.165) is 10.9 Å². The fourth-order valence-corrected chi connectivity index (χ4v) is 2.43. The van der Waals surface area contributed by atoms with Crippen molar-refractivity contribution in [3.63, 3.8) is 0 Å². The van der Waals surface area contributed by atoms with Crippen molar-refractivity contribution in [2.45, 2.75) is 19.4 Å². The van der Waals surface area contributed by atoms with Crippen LogP contribution < -0.4 is 5.63 Å². The van der Waals surface area contributed by atoms with Gasteiger partial charge in [0.2, 0.25) is 0 Å². The van der Waals surface area contributed by atoms with Crippen molar-refractivity contribution < 1.29 is 9.52 Å². The van der Waals surface area contributed by atoms with Crippen molar-refractivity contribution in [2.24, 2.45) is 0 Å². The zero-order valence-electron chi connectivity index (χ0n) is 12.0. The molecule has 3 aromatic rings. The molecule has 1 aromatic heterocycles. The highest BCUT2D eigenvalue weighted by molar-refractivity contribution is 5.77. The van der Waals surface area contributed by atoms with E-state index in [4.69, 9.17) is 4.42 Å². The van der Waals surface area contributed by atoms with Gasteiger partial charge in [0.25, 0.3) is 0 Å². The van der Waals surface area contributed by atoms with Crippen molar-refractivity contribution in [3.8, 4) is 0 Å². The summed E-state index contributed by atoms with van der Waals surface area (Å²) < 4.78 is 5.31. The molecule has 0 saturated heterocycles. The Bertz CT molecular complexity index is 842. The number of para-hydroxylation sites is 1. The lowest BCUT2D eigenvalue weighted by Crippen LogP contribution is -2.29. The molecular weight excluding hydrogens is 264 g/mol. The molecule has 106 valence electrons. The topological polar surface area (TPSA) is 50.4 Å². The Morgan fingerprint density at radius 2 is 1.71 bits per heavy atom. The first-order valence-electron chi connectivity index (χ1n) is 6.81. The Kier molecular flexibility index (Phi) is 3.15. The summed E-state index contributed by atoms with van der Waals surface area (Å²) in [4.78, 5) is 12.2. The Morgan fingerprint density at radius 3 is 2.43 bits per heavy atom. The summed E-state index contributed by atoms with van der Waals surface area (Å²) in [6.07, 6.45) is 0. The monoisotopic (exact) mass is 280 g/mol. The molecule has 1 N–H and O–H groups in total. The van der Waals surface area contributed by atoms with Crippen LogP contribution in [0.3, 0.4) is 0 Å². The van der Waals surface area contributed by atoms with Gasteiger partial charge in [0.05, 0.1) is 5.56 Å². The second kappa shape index (κ2) is 4.86. The summed E-state index contributed by atoms with van der Waals surface area (Å²) in [5.41, 5.74) is 0.615. The van der Waals surface area contributed by atoms with E-state index in [-0.39, 0.29) is 5.56 Å². The Morgan fingerprint density at radius 1 is 1.05 bits per heavy atom. The normalized spacial score (nSPS) is 14.0. The maximum Gasteiger partial charge on any atom is 0.342 e. The van der Waals surface area contributed by atoms with Crippen LogP contribution in [0.1, 0.15) is 23.6 Å². The van der Waals surface area contributed by atoms with E-state index in [9.17, 15) is 9.90 Å². The lowest BCUT2D eigenvalue weighted by Gasteiger charge is -2.23. The van der Waals surface area contributed by atoms with Crippen molar-refractivity contribution in [3.05, 3.63) is 81.7 Å². The summed E-state index contributed by atoms with van der Waals surface area (Å²) in [6, 6.07) is 16.4. The summed E-state index contributed by atoms with van der Waals surface area (Å²) >= 11 is 0. The minimum atomic E-state index is -1.39. The summed E-state index contributed by atoms with van der Waals surface area (Å²) in [7, 11) is 0. The van der Waals surface area contributed by atoms with Crippen molar-refractivity contribution >= 4 is 11.0 Å². The Hall–Kier alpha value is -2.39. The first kappa shape index (κ1) is 13.6. The second-order valence-electron chi connectivity index (χ2n) is 5.42.